The molecule has 0 aromatic heterocycles. The number of likely N-dealkylation sites (tertiary alicyclic amines) is 1. The number of piperidine rings is 1. The maximum Gasteiger partial charge on any atom is 0.416 e. The van der Waals surface area contributed by atoms with Gasteiger partial charge in [0.2, 0.25) is 5.91 Å². The van der Waals surface area contributed by atoms with Crippen molar-refractivity contribution in [2.75, 3.05) is 31.6 Å². The molecule has 2 fully saturated rings. The molecule has 182 valence electrons. The first-order valence-electron chi connectivity index (χ1n) is 11.2. The molecule has 1 amide bonds. The maximum atomic E-state index is 13.3. The summed E-state index contributed by atoms with van der Waals surface area (Å²) in [4.78, 5) is 27.6. The summed E-state index contributed by atoms with van der Waals surface area (Å²) in [6.45, 7) is 1.41. The van der Waals surface area contributed by atoms with Gasteiger partial charge in [0.15, 0.2) is 0 Å². The number of rotatable bonds is 5. The number of carbonyl (C=O) groups excluding carboxylic acids is 1. The number of methoxy groups -OCH3 is 1. The first-order chi connectivity index (χ1) is 16.2. The van der Waals surface area contributed by atoms with Crippen LogP contribution in [0.15, 0.2) is 42.5 Å². The second-order valence-corrected chi connectivity index (χ2v) is 8.68. The summed E-state index contributed by atoms with van der Waals surface area (Å²) in [7, 11) is 1.60. The van der Waals surface area contributed by atoms with E-state index in [2.05, 4.69) is 0 Å². The number of ether oxygens (including phenoxy) is 1. The summed E-state index contributed by atoms with van der Waals surface area (Å²) < 4.78 is 44.2. The van der Waals surface area contributed by atoms with E-state index in [4.69, 9.17) is 4.74 Å². The molecular formula is C24H26F3N3O4. The van der Waals surface area contributed by atoms with E-state index in [-0.39, 0.29) is 23.6 Å². The molecule has 1 atom stereocenters. The van der Waals surface area contributed by atoms with Crippen molar-refractivity contribution >= 4 is 17.3 Å². The van der Waals surface area contributed by atoms with Crippen LogP contribution in [0.5, 0.6) is 5.75 Å². The summed E-state index contributed by atoms with van der Waals surface area (Å²) >= 11 is 0. The van der Waals surface area contributed by atoms with E-state index in [9.17, 15) is 28.1 Å². The lowest BCUT2D eigenvalue weighted by molar-refractivity contribution is -0.384. The minimum atomic E-state index is -4.65. The lowest BCUT2D eigenvalue weighted by Gasteiger charge is -2.36. The third-order valence-corrected chi connectivity index (χ3v) is 6.72. The highest BCUT2D eigenvalue weighted by Gasteiger charge is 2.37. The Hall–Kier alpha value is -3.30. The predicted molar refractivity (Wildman–Crippen MR) is 120 cm³/mol. The minimum Gasteiger partial charge on any atom is -0.497 e. The van der Waals surface area contributed by atoms with Crippen LogP contribution in [0, 0.1) is 16.0 Å². The predicted octanol–water partition coefficient (Wildman–Crippen LogP) is 5.20. The molecule has 2 aromatic carbocycles. The van der Waals surface area contributed by atoms with Crippen LogP contribution in [-0.4, -0.2) is 42.5 Å². The fourth-order valence-electron chi connectivity index (χ4n) is 4.92. The van der Waals surface area contributed by atoms with Crippen molar-refractivity contribution in [3.63, 3.8) is 0 Å². The molecule has 1 unspecified atom stereocenters. The fourth-order valence-corrected chi connectivity index (χ4v) is 4.92. The Kier molecular flexibility index (Phi) is 6.67. The van der Waals surface area contributed by atoms with Crippen molar-refractivity contribution < 1.29 is 27.6 Å². The average Bonchev–Trinajstić information content (AvgIpc) is 3.33. The Morgan fingerprint density at radius 2 is 1.74 bits per heavy atom. The first-order valence-corrected chi connectivity index (χ1v) is 11.2. The topological polar surface area (TPSA) is 75.9 Å². The van der Waals surface area contributed by atoms with E-state index in [1.807, 2.05) is 29.2 Å². The number of amides is 1. The molecule has 2 saturated heterocycles. The standard InChI is InChI=1S/C24H26F3N3O4/c1-34-19-7-4-16(5-8-19)20-3-2-12-29(20)23(31)17-10-13-28(14-11-17)21-9-6-18(24(25,26)27)15-22(21)30(32)33/h4-9,15,17,20H,2-3,10-14H2,1H3. The van der Waals surface area contributed by atoms with Gasteiger partial charge in [-0.15, -0.1) is 0 Å². The van der Waals surface area contributed by atoms with Gasteiger partial charge in [0.25, 0.3) is 5.69 Å². The number of anilines is 1. The lowest BCUT2D eigenvalue weighted by atomic mass is 9.93. The zero-order chi connectivity index (χ0) is 24.5. The number of nitrogens with zero attached hydrogens (tertiary/aromatic N) is 3. The Morgan fingerprint density at radius 3 is 2.32 bits per heavy atom. The number of halogens is 3. The van der Waals surface area contributed by atoms with Crippen LogP contribution in [-0.2, 0) is 11.0 Å². The number of carbonyl (C=O) groups is 1. The van der Waals surface area contributed by atoms with Gasteiger partial charge in [0.1, 0.15) is 11.4 Å². The number of alkyl halides is 3. The second kappa shape index (κ2) is 9.52. The molecule has 2 aliphatic heterocycles. The van der Waals surface area contributed by atoms with Crippen molar-refractivity contribution in [2.45, 2.75) is 37.9 Å². The molecule has 0 bridgehead atoms. The number of hydrogen-bond acceptors (Lipinski definition) is 5. The van der Waals surface area contributed by atoms with Crippen LogP contribution in [0.3, 0.4) is 0 Å². The van der Waals surface area contributed by atoms with Crippen molar-refractivity contribution in [3.8, 4) is 5.75 Å². The molecule has 0 saturated carbocycles. The normalized spacial score (nSPS) is 19.4. The van der Waals surface area contributed by atoms with Crippen molar-refractivity contribution in [2.24, 2.45) is 5.92 Å². The number of benzene rings is 2. The fraction of sp³-hybridized carbons (Fsp3) is 0.458. The molecule has 0 aliphatic carbocycles. The van der Waals surface area contributed by atoms with Gasteiger partial charge in [-0.25, -0.2) is 0 Å². The SMILES string of the molecule is COc1ccc(C2CCCN2C(=O)C2CCN(c3ccc(C(F)(F)F)cc3[N+](=O)[O-])CC2)cc1. The highest BCUT2D eigenvalue weighted by molar-refractivity contribution is 5.80. The third kappa shape index (κ3) is 4.80. The molecule has 7 nitrogen and oxygen atoms in total. The highest BCUT2D eigenvalue weighted by Crippen LogP contribution is 2.39. The van der Waals surface area contributed by atoms with Gasteiger partial charge < -0.3 is 14.5 Å². The van der Waals surface area contributed by atoms with Crippen molar-refractivity contribution in [1.82, 2.24) is 4.90 Å². The lowest BCUT2D eigenvalue weighted by Crippen LogP contribution is -2.42. The molecule has 0 radical (unpaired) electrons. The summed E-state index contributed by atoms with van der Waals surface area (Å²) in [5.41, 5.74) is -0.406. The van der Waals surface area contributed by atoms with E-state index in [0.717, 1.165) is 36.3 Å². The van der Waals surface area contributed by atoms with Crippen LogP contribution < -0.4 is 9.64 Å². The molecule has 2 heterocycles. The smallest absolute Gasteiger partial charge is 0.416 e. The second-order valence-electron chi connectivity index (χ2n) is 8.68. The van der Waals surface area contributed by atoms with Gasteiger partial charge in [0.05, 0.1) is 23.6 Å². The van der Waals surface area contributed by atoms with E-state index in [1.165, 1.54) is 0 Å². The molecular weight excluding hydrogens is 451 g/mol. The Labute approximate surface area is 195 Å². The van der Waals surface area contributed by atoms with Gasteiger partial charge in [0, 0.05) is 31.6 Å². The Bertz CT molecular complexity index is 1050. The molecule has 2 aliphatic rings. The van der Waals surface area contributed by atoms with Crippen LogP contribution in [0.25, 0.3) is 0 Å². The Morgan fingerprint density at radius 1 is 1.06 bits per heavy atom. The summed E-state index contributed by atoms with van der Waals surface area (Å²) in [6.07, 6.45) is -1.88. The minimum absolute atomic E-state index is 0.00689. The first kappa shape index (κ1) is 23.8. The molecule has 34 heavy (non-hydrogen) atoms. The maximum absolute atomic E-state index is 13.3. The van der Waals surface area contributed by atoms with Crippen LogP contribution in [0.1, 0.15) is 42.9 Å². The van der Waals surface area contributed by atoms with E-state index in [0.29, 0.717) is 38.5 Å². The monoisotopic (exact) mass is 477 g/mol. The zero-order valence-electron chi connectivity index (χ0n) is 18.8. The molecule has 0 spiro atoms. The quantitative estimate of drug-likeness (QED) is 0.437. The molecule has 0 N–H and O–H groups in total. The van der Waals surface area contributed by atoms with Gasteiger partial charge in [-0.1, -0.05) is 12.1 Å². The number of hydrogen-bond donors (Lipinski definition) is 0. The Balaban J connectivity index is 1.44. The summed E-state index contributed by atoms with van der Waals surface area (Å²) in [5.74, 6) is 0.604. The van der Waals surface area contributed by atoms with Gasteiger partial charge in [-0.2, -0.15) is 13.2 Å². The van der Waals surface area contributed by atoms with E-state index >= 15 is 0 Å². The summed E-state index contributed by atoms with van der Waals surface area (Å²) in [6, 6.07) is 10.3. The van der Waals surface area contributed by atoms with Gasteiger partial charge >= 0.3 is 6.18 Å². The molecule has 2 aromatic rings. The third-order valence-electron chi connectivity index (χ3n) is 6.72. The van der Waals surface area contributed by atoms with Crippen molar-refractivity contribution in [1.29, 1.82) is 0 Å². The van der Waals surface area contributed by atoms with E-state index < -0.39 is 22.4 Å². The van der Waals surface area contributed by atoms with Gasteiger partial charge in [-0.05, 0) is 55.5 Å². The van der Waals surface area contributed by atoms with Crippen LogP contribution >= 0.6 is 0 Å². The van der Waals surface area contributed by atoms with Crippen LogP contribution in [0.4, 0.5) is 24.5 Å². The number of nitro benzene ring substituents is 1. The highest BCUT2D eigenvalue weighted by atomic mass is 19.4. The van der Waals surface area contributed by atoms with Crippen molar-refractivity contribution in [3.05, 3.63) is 63.7 Å². The zero-order valence-corrected chi connectivity index (χ0v) is 18.8. The molecule has 4 rings (SSSR count). The van der Waals surface area contributed by atoms with E-state index in [1.54, 1.807) is 12.0 Å². The average molecular weight is 477 g/mol. The van der Waals surface area contributed by atoms with Crippen LogP contribution in [0.2, 0.25) is 0 Å². The number of nitro groups is 1. The van der Waals surface area contributed by atoms with Gasteiger partial charge in [-0.3, -0.25) is 14.9 Å². The largest absolute Gasteiger partial charge is 0.497 e. The summed E-state index contributed by atoms with van der Waals surface area (Å²) in [5, 5.41) is 11.4. The molecule has 10 heteroatoms.